The Kier molecular flexibility index (Phi) is 7.41. The Hall–Kier alpha value is -3.60. The molecule has 0 fully saturated rings. The van der Waals surface area contributed by atoms with E-state index in [0.29, 0.717) is 6.42 Å². The van der Waals surface area contributed by atoms with Crippen LogP contribution in [0.15, 0.2) is 91.0 Å². The number of rotatable bonds is 8. The molecule has 29 heavy (non-hydrogen) atoms. The smallest absolute Gasteiger partial charge is 0.408 e. The molecule has 0 aliphatic heterocycles. The molecular formula is C24H23NO4. The minimum atomic E-state index is -0.843. The summed E-state index contributed by atoms with van der Waals surface area (Å²) >= 11 is 0. The summed E-state index contributed by atoms with van der Waals surface area (Å²) in [6.07, 6.45) is -0.346. The number of carbonyl (C=O) groups is 2. The van der Waals surface area contributed by atoms with Gasteiger partial charge >= 0.3 is 12.1 Å². The van der Waals surface area contributed by atoms with Crippen molar-refractivity contribution in [2.75, 3.05) is 0 Å². The number of carbonyl (C=O) groups excluding carboxylic acids is 2. The summed E-state index contributed by atoms with van der Waals surface area (Å²) in [6.45, 7) is 0.273. The molecule has 0 bridgehead atoms. The van der Waals surface area contributed by atoms with E-state index in [2.05, 4.69) is 5.32 Å². The van der Waals surface area contributed by atoms with E-state index in [1.165, 1.54) is 0 Å². The van der Waals surface area contributed by atoms with Crippen molar-refractivity contribution in [2.24, 2.45) is 0 Å². The van der Waals surface area contributed by atoms with E-state index in [0.717, 1.165) is 16.7 Å². The zero-order chi connectivity index (χ0) is 20.3. The fourth-order valence-electron chi connectivity index (χ4n) is 2.78. The molecule has 1 N–H and O–H groups in total. The minimum absolute atomic E-state index is 0.129. The predicted molar refractivity (Wildman–Crippen MR) is 110 cm³/mol. The molecule has 0 spiro atoms. The van der Waals surface area contributed by atoms with Gasteiger partial charge in [-0.2, -0.15) is 0 Å². The van der Waals surface area contributed by atoms with Gasteiger partial charge in [0, 0.05) is 6.42 Å². The third kappa shape index (κ3) is 6.81. The zero-order valence-corrected chi connectivity index (χ0v) is 16.0. The molecule has 0 aliphatic carbocycles. The molecule has 0 unspecified atom stereocenters. The quantitative estimate of drug-likeness (QED) is 0.585. The number of hydrogen-bond acceptors (Lipinski definition) is 4. The average molecular weight is 389 g/mol. The number of benzene rings is 3. The van der Waals surface area contributed by atoms with Gasteiger partial charge in [0.05, 0.1) is 0 Å². The van der Waals surface area contributed by atoms with Gasteiger partial charge in [-0.05, 0) is 16.7 Å². The Balaban J connectivity index is 1.60. The van der Waals surface area contributed by atoms with Crippen LogP contribution in [0.1, 0.15) is 16.7 Å². The number of amides is 1. The van der Waals surface area contributed by atoms with E-state index in [-0.39, 0.29) is 13.2 Å². The first-order valence-corrected chi connectivity index (χ1v) is 9.42. The van der Waals surface area contributed by atoms with Crippen molar-refractivity contribution in [3.8, 4) is 0 Å². The maximum atomic E-state index is 12.6. The number of alkyl carbamates (subject to hydrolysis) is 1. The first kappa shape index (κ1) is 20.1. The molecule has 0 aromatic heterocycles. The van der Waals surface area contributed by atoms with E-state index in [9.17, 15) is 9.59 Å². The maximum Gasteiger partial charge on any atom is 0.408 e. The Morgan fingerprint density at radius 3 is 1.62 bits per heavy atom. The van der Waals surface area contributed by atoms with Gasteiger partial charge in [0.2, 0.25) is 0 Å². The topological polar surface area (TPSA) is 64.6 Å². The molecular weight excluding hydrogens is 366 g/mol. The van der Waals surface area contributed by atoms with Crippen molar-refractivity contribution in [1.29, 1.82) is 0 Å². The molecule has 0 heterocycles. The van der Waals surface area contributed by atoms with E-state index in [4.69, 9.17) is 9.47 Å². The minimum Gasteiger partial charge on any atom is -0.459 e. The van der Waals surface area contributed by atoms with Gasteiger partial charge in [0.1, 0.15) is 19.3 Å². The summed E-state index contributed by atoms with van der Waals surface area (Å²) in [5, 5.41) is 2.64. The molecule has 148 valence electrons. The molecule has 1 amide bonds. The number of hydrogen-bond donors (Lipinski definition) is 1. The molecule has 3 aromatic rings. The monoisotopic (exact) mass is 389 g/mol. The summed E-state index contributed by atoms with van der Waals surface area (Å²) in [7, 11) is 0. The van der Waals surface area contributed by atoms with Crippen LogP contribution in [0.2, 0.25) is 0 Å². The van der Waals surface area contributed by atoms with Crippen LogP contribution in [0.25, 0.3) is 0 Å². The molecule has 0 saturated carbocycles. The lowest BCUT2D eigenvalue weighted by atomic mass is 10.1. The summed E-state index contributed by atoms with van der Waals surface area (Å²) in [4.78, 5) is 24.9. The van der Waals surface area contributed by atoms with Gasteiger partial charge in [-0.15, -0.1) is 0 Å². The van der Waals surface area contributed by atoms with Crippen molar-refractivity contribution in [3.05, 3.63) is 108 Å². The van der Waals surface area contributed by atoms with Crippen molar-refractivity contribution in [2.45, 2.75) is 25.7 Å². The molecule has 5 heteroatoms. The first-order chi connectivity index (χ1) is 14.2. The lowest BCUT2D eigenvalue weighted by Gasteiger charge is -2.18. The van der Waals surface area contributed by atoms with Crippen LogP contribution in [0, 0.1) is 0 Å². The third-order valence-electron chi connectivity index (χ3n) is 4.30. The highest BCUT2D eigenvalue weighted by atomic mass is 16.6. The van der Waals surface area contributed by atoms with E-state index in [1.807, 2.05) is 91.0 Å². The summed E-state index contributed by atoms with van der Waals surface area (Å²) in [5.74, 6) is -0.505. The lowest BCUT2D eigenvalue weighted by Crippen LogP contribution is -2.43. The van der Waals surface area contributed by atoms with Crippen LogP contribution in [0.4, 0.5) is 4.79 Å². The van der Waals surface area contributed by atoms with Crippen LogP contribution >= 0.6 is 0 Å². The summed E-state index contributed by atoms with van der Waals surface area (Å²) < 4.78 is 10.7. The highest BCUT2D eigenvalue weighted by Crippen LogP contribution is 2.08. The highest BCUT2D eigenvalue weighted by Gasteiger charge is 2.23. The summed E-state index contributed by atoms with van der Waals surface area (Å²) in [6, 6.07) is 27.4. The van der Waals surface area contributed by atoms with Gasteiger partial charge in [-0.1, -0.05) is 91.0 Å². The molecule has 0 radical (unpaired) electrons. The average Bonchev–Trinajstić information content (AvgIpc) is 2.78. The molecule has 3 rings (SSSR count). The number of esters is 1. The van der Waals surface area contributed by atoms with Crippen LogP contribution < -0.4 is 5.32 Å². The van der Waals surface area contributed by atoms with Gasteiger partial charge < -0.3 is 14.8 Å². The van der Waals surface area contributed by atoms with Crippen molar-refractivity contribution >= 4 is 12.1 Å². The standard InChI is InChI=1S/C24H23NO4/c26-23(28-17-20-12-6-2-7-13-20)22(16-19-10-4-1-5-11-19)25-24(27)29-18-21-14-8-3-9-15-21/h1-15,22H,16-18H2,(H,25,27)/t22-/m0/s1. The number of ether oxygens (including phenoxy) is 2. The predicted octanol–water partition coefficient (Wildman–Crippen LogP) is 4.27. The Labute approximate surface area is 170 Å². The van der Waals surface area contributed by atoms with Gasteiger partial charge in [-0.25, -0.2) is 9.59 Å². The highest BCUT2D eigenvalue weighted by molar-refractivity contribution is 5.81. The normalized spacial score (nSPS) is 11.3. The van der Waals surface area contributed by atoms with E-state index < -0.39 is 18.1 Å². The second-order valence-electron chi connectivity index (χ2n) is 6.54. The van der Waals surface area contributed by atoms with Crippen molar-refractivity contribution in [1.82, 2.24) is 5.32 Å². The van der Waals surface area contributed by atoms with Crippen molar-refractivity contribution in [3.63, 3.8) is 0 Å². The lowest BCUT2D eigenvalue weighted by molar-refractivity contribution is -0.147. The van der Waals surface area contributed by atoms with Gasteiger partial charge in [0.15, 0.2) is 0 Å². The van der Waals surface area contributed by atoms with Gasteiger partial charge in [-0.3, -0.25) is 0 Å². The Bertz CT molecular complexity index is 898. The molecule has 5 nitrogen and oxygen atoms in total. The first-order valence-electron chi connectivity index (χ1n) is 9.42. The van der Waals surface area contributed by atoms with Crippen LogP contribution in [0.3, 0.4) is 0 Å². The Morgan fingerprint density at radius 2 is 1.10 bits per heavy atom. The molecule has 3 aromatic carbocycles. The molecule has 0 aliphatic rings. The van der Waals surface area contributed by atoms with Gasteiger partial charge in [0.25, 0.3) is 0 Å². The SMILES string of the molecule is O=C(N[C@@H](Cc1ccccc1)C(=O)OCc1ccccc1)OCc1ccccc1. The fraction of sp³-hybridized carbons (Fsp3) is 0.167. The third-order valence-corrected chi connectivity index (χ3v) is 4.30. The number of nitrogens with one attached hydrogen (secondary N) is 1. The fourth-order valence-corrected chi connectivity index (χ4v) is 2.78. The van der Waals surface area contributed by atoms with Crippen LogP contribution in [0.5, 0.6) is 0 Å². The van der Waals surface area contributed by atoms with E-state index in [1.54, 1.807) is 0 Å². The molecule has 1 atom stereocenters. The zero-order valence-electron chi connectivity index (χ0n) is 16.0. The Morgan fingerprint density at radius 1 is 0.655 bits per heavy atom. The second-order valence-corrected chi connectivity index (χ2v) is 6.54. The summed E-state index contributed by atoms with van der Waals surface area (Å²) in [5.41, 5.74) is 2.66. The van der Waals surface area contributed by atoms with Crippen LogP contribution in [-0.4, -0.2) is 18.1 Å². The second kappa shape index (κ2) is 10.7. The van der Waals surface area contributed by atoms with E-state index >= 15 is 0 Å². The molecule has 0 saturated heterocycles. The maximum absolute atomic E-state index is 12.6. The largest absolute Gasteiger partial charge is 0.459 e. The van der Waals surface area contributed by atoms with Crippen molar-refractivity contribution < 1.29 is 19.1 Å². The van der Waals surface area contributed by atoms with Crippen LogP contribution in [-0.2, 0) is 33.9 Å².